The Kier molecular flexibility index (Phi) is 4.14. The van der Waals surface area contributed by atoms with E-state index in [9.17, 15) is 13.2 Å². The fourth-order valence-corrected chi connectivity index (χ4v) is 2.30. The summed E-state index contributed by atoms with van der Waals surface area (Å²) in [6, 6.07) is 2.65. The van der Waals surface area contributed by atoms with Gasteiger partial charge < -0.3 is 4.74 Å². The summed E-state index contributed by atoms with van der Waals surface area (Å²) in [5, 5.41) is 17.5. The molecule has 3 nitrogen and oxygen atoms in total. The molecule has 0 radical (unpaired) electrons. The van der Waals surface area contributed by atoms with E-state index in [0.29, 0.717) is 12.8 Å². The Balaban J connectivity index is 2.47. The van der Waals surface area contributed by atoms with Gasteiger partial charge in [0.05, 0.1) is 6.10 Å². The van der Waals surface area contributed by atoms with Gasteiger partial charge in [0, 0.05) is 0 Å². The van der Waals surface area contributed by atoms with Crippen LogP contribution in [0.4, 0.5) is 13.2 Å². The summed E-state index contributed by atoms with van der Waals surface area (Å²) in [5.41, 5.74) is -1.86. The summed E-state index contributed by atoms with van der Waals surface area (Å²) in [4.78, 5) is 0. The van der Waals surface area contributed by atoms with Gasteiger partial charge >= 0.3 is 0 Å². The van der Waals surface area contributed by atoms with E-state index in [1.807, 2.05) is 0 Å². The molecule has 0 aromatic heterocycles. The molecule has 0 heterocycles. The van der Waals surface area contributed by atoms with Crippen molar-refractivity contribution in [3.05, 3.63) is 28.6 Å². The third-order valence-electron chi connectivity index (χ3n) is 3.34. The molecule has 104 valence electrons. The summed E-state index contributed by atoms with van der Waals surface area (Å²) in [6.07, 6.45) is 3.73. The topological polar surface area (TPSA) is 56.8 Å². The minimum atomic E-state index is -1.62. The van der Waals surface area contributed by atoms with Gasteiger partial charge in [-0.2, -0.15) is 14.9 Å². The van der Waals surface area contributed by atoms with Crippen molar-refractivity contribution in [2.24, 2.45) is 0 Å². The molecule has 1 aliphatic carbocycles. The number of ether oxygens (including phenoxy) is 1. The van der Waals surface area contributed by atoms with Gasteiger partial charge in [0.1, 0.15) is 23.3 Å². The summed E-state index contributed by atoms with van der Waals surface area (Å²) in [6.45, 7) is 0. The van der Waals surface area contributed by atoms with Crippen LogP contribution in [0.15, 0.2) is 0 Å². The highest BCUT2D eigenvalue weighted by Crippen LogP contribution is 2.33. The summed E-state index contributed by atoms with van der Waals surface area (Å²) in [7, 11) is 0. The van der Waals surface area contributed by atoms with Crippen molar-refractivity contribution >= 4 is 0 Å². The quantitative estimate of drug-likeness (QED) is 0.778. The van der Waals surface area contributed by atoms with Gasteiger partial charge in [-0.3, -0.25) is 0 Å². The highest BCUT2D eigenvalue weighted by Gasteiger charge is 2.28. The van der Waals surface area contributed by atoms with Crippen molar-refractivity contribution in [2.45, 2.75) is 38.2 Å². The summed E-state index contributed by atoms with van der Waals surface area (Å²) < 4.78 is 46.5. The van der Waals surface area contributed by atoms with Crippen LogP contribution in [0.5, 0.6) is 5.75 Å². The molecule has 1 aliphatic rings. The molecule has 0 aliphatic heterocycles. The molecule has 1 aromatic carbocycles. The van der Waals surface area contributed by atoms with Gasteiger partial charge in [-0.25, -0.2) is 8.78 Å². The van der Waals surface area contributed by atoms with Crippen LogP contribution in [-0.4, -0.2) is 6.10 Å². The lowest BCUT2D eigenvalue weighted by Gasteiger charge is -2.24. The van der Waals surface area contributed by atoms with E-state index in [4.69, 9.17) is 15.3 Å². The van der Waals surface area contributed by atoms with Gasteiger partial charge in [-0.15, -0.1) is 0 Å². The first-order valence-corrected chi connectivity index (χ1v) is 6.27. The Labute approximate surface area is 114 Å². The van der Waals surface area contributed by atoms with Crippen LogP contribution in [0.25, 0.3) is 0 Å². The Morgan fingerprint density at radius 3 is 2.00 bits per heavy atom. The second-order valence-corrected chi connectivity index (χ2v) is 4.62. The zero-order valence-electron chi connectivity index (χ0n) is 10.5. The predicted octanol–water partition coefficient (Wildman–Crippen LogP) is 3.56. The number of benzene rings is 1. The molecule has 0 unspecified atom stereocenters. The zero-order valence-corrected chi connectivity index (χ0v) is 10.5. The van der Waals surface area contributed by atoms with Gasteiger partial charge in [-0.05, 0) is 25.7 Å². The molecule has 0 bridgehead atoms. The molecule has 0 atom stereocenters. The standard InChI is InChI=1S/C14H11F3N2O/c15-11-9(6-18)12(16)13(17)14(10(11)7-19)20-8-4-2-1-3-5-8/h8H,1-5H2. The molecular formula is C14H11F3N2O. The van der Waals surface area contributed by atoms with Crippen LogP contribution in [0, 0.1) is 40.1 Å². The van der Waals surface area contributed by atoms with Crippen LogP contribution in [0.3, 0.4) is 0 Å². The Morgan fingerprint density at radius 1 is 0.850 bits per heavy atom. The highest BCUT2D eigenvalue weighted by molar-refractivity contribution is 5.52. The number of nitrogens with zero attached hydrogens (tertiary/aromatic N) is 2. The van der Waals surface area contributed by atoms with Crippen LogP contribution < -0.4 is 4.74 Å². The minimum absolute atomic E-state index is 0.364. The maximum absolute atomic E-state index is 13.9. The van der Waals surface area contributed by atoms with Crippen molar-refractivity contribution in [3.8, 4) is 17.9 Å². The lowest BCUT2D eigenvalue weighted by molar-refractivity contribution is 0.146. The second-order valence-electron chi connectivity index (χ2n) is 4.62. The molecule has 0 saturated heterocycles. The first kappa shape index (κ1) is 14.2. The first-order chi connectivity index (χ1) is 9.60. The van der Waals surface area contributed by atoms with Gasteiger partial charge in [0.15, 0.2) is 17.4 Å². The number of halogens is 3. The molecular weight excluding hydrogens is 269 g/mol. The normalized spacial score (nSPS) is 15.4. The van der Waals surface area contributed by atoms with Gasteiger partial charge in [-0.1, -0.05) is 6.42 Å². The lowest BCUT2D eigenvalue weighted by atomic mass is 9.97. The zero-order chi connectivity index (χ0) is 14.7. The third-order valence-corrected chi connectivity index (χ3v) is 3.34. The smallest absolute Gasteiger partial charge is 0.203 e. The summed E-state index contributed by atoms with van der Waals surface area (Å²) >= 11 is 0. The average Bonchev–Trinajstić information content (AvgIpc) is 2.46. The van der Waals surface area contributed by atoms with Crippen LogP contribution >= 0.6 is 0 Å². The van der Waals surface area contributed by atoms with E-state index in [1.54, 1.807) is 0 Å². The van der Waals surface area contributed by atoms with Gasteiger partial charge in [0.2, 0.25) is 5.82 Å². The number of nitriles is 2. The molecule has 20 heavy (non-hydrogen) atoms. The third kappa shape index (κ3) is 2.42. The van der Waals surface area contributed by atoms with Crippen LogP contribution in [0.1, 0.15) is 43.2 Å². The predicted molar refractivity (Wildman–Crippen MR) is 63.2 cm³/mol. The maximum atomic E-state index is 13.9. The molecule has 0 N–H and O–H groups in total. The van der Waals surface area contributed by atoms with E-state index >= 15 is 0 Å². The second kappa shape index (κ2) is 5.83. The Hall–Kier alpha value is -2.21. The van der Waals surface area contributed by atoms with E-state index in [-0.39, 0.29) is 6.10 Å². The lowest BCUT2D eigenvalue weighted by Crippen LogP contribution is -2.21. The Morgan fingerprint density at radius 2 is 1.45 bits per heavy atom. The molecule has 2 rings (SSSR count). The van der Waals surface area contributed by atoms with Crippen molar-refractivity contribution in [2.75, 3.05) is 0 Å². The molecule has 1 fully saturated rings. The minimum Gasteiger partial charge on any atom is -0.486 e. The average molecular weight is 280 g/mol. The van der Waals surface area contributed by atoms with Crippen molar-refractivity contribution < 1.29 is 17.9 Å². The molecule has 1 saturated carbocycles. The molecule has 0 amide bonds. The maximum Gasteiger partial charge on any atom is 0.203 e. The molecule has 6 heteroatoms. The van der Waals surface area contributed by atoms with E-state index < -0.39 is 34.3 Å². The molecule has 0 spiro atoms. The number of hydrogen-bond donors (Lipinski definition) is 0. The number of rotatable bonds is 2. The Bertz CT molecular complexity index is 611. The number of hydrogen-bond acceptors (Lipinski definition) is 3. The van der Waals surface area contributed by atoms with Gasteiger partial charge in [0.25, 0.3) is 0 Å². The van der Waals surface area contributed by atoms with Crippen LogP contribution in [-0.2, 0) is 0 Å². The van der Waals surface area contributed by atoms with E-state index in [1.165, 1.54) is 12.1 Å². The fourth-order valence-electron chi connectivity index (χ4n) is 2.30. The fraction of sp³-hybridized carbons (Fsp3) is 0.429. The largest absolute Gasteiger partial charge is 0.486 e. The highest BCUT2D eigenvalue weighted by atomic mass is 19.2. The van der Waals surface area contributed by atoms with E-state index in [2.05, 4.69) is 0 Å². The van der Waals surface area contributed by atoms with Crippen molar-refractivity contribution in [1.82, 2.24) is 0 Å². The van der Waals surface area contributed by atoms with Crippen molar-refractivity contribution in [3.63, 3.8) is 0 Å². The van der Waals surface area contributed by atoms with E-state index in [0.717, 1.165) is 19.3 Å². The molecule has 1 aromatic rings. The van der Waals surface area contributed by atoms with Crippen molar-refractivity contribution in [1.29, 1.82) is 10.5 Å². The SMILES string of the molecule is N#Cc1c(F)c(F)c(OC2CCCCC2)c(C#N)c1F. The first-order valence-electron chi connectivity index (χ1n) is 6.27. The monoisotopic (exact) mass is 280 g/mol. The van der Waals surface area contributed by atoms with Crippen LogP contribution in [0.2, 0.25) is 0 Å². The summed E-state index contributed by atoms with van der Waals surface area (Å²) in [5.74, 6) is -5.20.